The minimum Gasteiger partial charge on any atom is -0.367 e. The number of imidazole rings is 1. The van der Waals surface area contributed by atoms with E-state index in [1.54, 1.807) is 0 Å². The SMILES string of the molecule is C.Cc1nc2c(-c3cc[nH]c3)cc(-c3cc[nH]c3)cc2[nH]1. The molecule has 0 radical (unpaired) electrons. The summed E-state index contributed by atoms with van der Waals surface area (Å²) in [6.07, 6.45) is 7.88. The first kappa shape index (κ1) is 13.2. The van der Waals surface area contributed by atoms with Gasteiger partial charge in [0.2, 0.25) is 0 Å². The minimum absolute atomic E-state index is 0. The molecule has 106 valence electrons. The van der Waals surface area contributed by atoms with E-state index in [-0.39, 0.29) is 7.43 Å². The van der Waals surface area contributed by atoms with Crippen molar-refractivity contribution in [3.05, 3.63) is 54.9 Å². The second-order valence-corrected chi connectivity index (χ2v) is 4.94. The molecule has 0 saturated heterocycles. The quantitative estimate of drug-likeness (QED) is 0.497. The highest BCUT2D eigenvalue weighted by atomic mass is 14.9. The van der Waals surface area contributed by atoms with Crippen molar-refractivity contribution in [1.82, 2.24) is 19.9 Å². The van der Waals surface area contributed by atoms with Crippen LogP contribution in [0.5, 0.6) is 0 Å². The minimum atomic E-state index is 0. The van der Waals surface area contributed by atoms with Gasteiger partial charge in [-0.2, -0.15) is 0 Å². The zero-order valence-electron chi connectivity index (χ0n) is 11.1. The summed E-state index contributed by atoms with van der Waals surface area (Å²) >= 11 is 0. The topological polar surface area (TPSA) is 60.3 Å². The van der Waals surface area contributed by atoms with E-state index in [0.717, 1.165) is 28.0 Å². The van der Waals surface area contributed by atoms with E-state index in [1.165, 1.54) is 11.1 Å². The van der Waals surface area contributed by atoms with Gasteiger partial charge >= 0.3 is 0 Å². The Morgan fingerprint density at radius 1 is 0.905 bits per heavy atom. The molecular weight excluding hydrogens is 260 g/mol. The van der Waals surface area contributed by atoms with Gasteiger partial charge in [0, 0.05) is 35.9 Å². The highest BCUT2D eigenvalue weighted by Gasteiger charge is 2.11. The molecule has 0 aliphatic rings. The lowest BCUT2D eigenvalue weighted by Crippen LogP contribution is -1.82. The molecule has 0 fully saturated rings. The van der Waals surface area contributed by atoms with E-state index in [9.17, 15) is 0 Å². The fourth-order valence-electron chi connectivity index (χ4n) is 2.62. The molecule has 0 amide bonds. The third-order valence-corrected chi connectivity index (χ3v) is 3.55. The maximum Gasteiger partial charge on any atom is 0.104 e. The van der Waals surface area contributed by atoms with E-state index < -0.39 is 0 Å². The largest absolute Gasteiger partial charge is 0.367 e. The molecule has 3 aromatic heterocycles. The van der Waals surface area contributed by atoms with Crippen LogP contribution in [0.4, 0.5) is 0 Å². The van der Waals surface area contributed by atoms with Crippen LogP contribution in [0.2, 0.25) is 0 Å². The molecule has 0 atom stereocenters. The first-order chi connectivity index (χ1) is 9.81. The molecule has 3 heterocycles. The summed E-state index contributed by atoms with van der Waals surface area (Å²) in [6, 6.07) is 8.48. The average molecular weight is 278 g/mol. The van der Waals surface area contributed by atoms with Crippen molar-refractivity contribution in [1.29, 1.82) is 0 Å². The molecule has 4 aromatic rings. The van der Waals surface area contributed by atoms with E-state index in [0.29, 0.717) is 0 Å². The van der Waals surface area contributed by atoms with Gasteiger partial charge in [-0.3, -0.25) is 0 Å². The molecule has 21 heavy (non-hydrogen) atoms. The molecule has 4 heteroatoms. The van der Waals surface area contributed by atoms with Gasteiger partial charge in [-0.15, -0.1) is 0 Å². The Morgan fingerprint density at radius 2 is 1.62 bits per heavy atom. The highest BCUT2D eigenvalue weighted by molar-refractivity contribution is 5.95. The third kappa shape index (κ3) is 2.14. The van der Waals surface area contributed by atoms with Crippen LogP contribution in [-0.2, 0) is 0 Å². The van der Waals surface area contributed by atoms with E-state index in [4.69, 9.17) is 0 Å². The Bertz CT molecular complexity index is 852. The van der Waals surface area contributed by atoms with Gasteiger partial charge in [-0.05, 0) is 42.3 Å². The van der Waals surface area contributed by atoms with Gasteiger partial charge in [-0.1, -0.05) is 7.43 Å². The van der Waals surface area contributed by atoms with Gasteiger partial charge in [0.15, 0.2) is 0 Å². The van der Waals surface area contributed by atoms with Crippen LogP contribution in [0.3, 0.4) is 0 Å². The average Bonchev–Trinajstić information content (AvgIpc) is 3.18. The number of H-pyrrole nitrogens is 3. The molecule has 4 nitrogen and oxygen atoms in total. The number of nitrogens with one attached hydrogen (secondary N) is 3. The summed E-state index contributed by atoms with van der Waals surface area (Å²) in [5.41, 5.74) is 6.73. The lowest BCUT2D eigenvalue weighted by molar-refractivity contribution is 1.17. The number of hydrogen-bond donors (Lipinski definition) is 3. The van der Waals surface area contributed by atoms with Gasteiger partial charge in [0.05, 0.1) is 11.0 Å². The van der Waals surface area contributed by atoms with Crippen LogP contribution < -0.4 is 0 Å². The second kappa shape index (κ2) is 4.98. The van der Waals surface area contributed by atoms with Crippen LogP contribution in [0.1, 0.15) is 13.3 Å². The zero-order chi connectivity index (χ0) is 13.5. The summed E-state index contributed by atoms with van der Waals surface area (Å²) < 4.78 is 0. The fraction of sp³-hybridized carbons (Fsp3) is 0.118. The Kier molecular flexibility index (Phi) is 3.14. The Labute approximate surface area is 123 Å². The van der Waals surface area contributed by atoms with Crippen LogP contribution in [0.25, 0.3) is 33.3 Å². The number of rotatable bonds is 2. The monoisotopic (exact) mass is 278 g/mol. The second-order valence-electron chi connectivity index (χ2n) is 4.94. The van der Waals surface area contributed by atoms with Crippen LogP contribution in [0.15, 0.2) is 49.1 Å². The van der Waals surface area contributed by atoms with Gasteiger partial charge < -0.3 is 15.0 Å². The smallest absolute Gasteiger partial charge is 0.104 e. The molecule has 0 spiro atoms. The Morgan fingerprint density at radius 3 is 2.29 bits per heavy atom. The molecular formula is C17H18N4. The molecule has 0 bridgehead atoms. The number of benzene rings is 1. The standard InChI is InChI=1S/C16H14N4.CH4/c1-10-19-15-7-13(11-2-4-17-8-11)6-14(16(15)20-10)12-3-5-18-9-12;/h2-9,17-18H,1H3,(H,19,20);1H4. The fourth-order valence-corrected chi connectivity index (χ4v) is 2.62. The van der Waals surface area contributed by atoms with E-state index in [1.807, 2.05) is 31.7 Å². The number of aryl methyl sites for hydroxylation is 1. The van der Waals surface area contributed by atoms with Crippen molar-refractivity contribution in [2.45, 2.75) is 14.4 Å². The molecule has 3 N–H and O–H groups in total. The predicted octanol–water partition coefficient (Wildman–Crippen LogP) is 4.50. The van der Waals surface area contributed by atoms with Crippen molar-refractivity contribution in [3.8, 4) is 22.3 Å². The van der Waals surface area contributed by atoms with Gasteiger partial charge in [0.1, 0.15) is 5.82 Å². The van der Waals surface area contributed by atoms with E-state index in [2.05, 4.69) is 44.2 Å². The Hall–Kier alpha value is -2.75. The molecule has 4 rings (SSSR count). The summed E-state index contributed by atoms with van der Waals surface area (Å²) in [6.45, 7) is 1.98. The maximum atomic E-state index is 4.61. The molecule has 0 aliphatic heterocycles. The zero-order valence-corrected chi connectivity index (χ0v) is 11.1. The predicted molar refractivity (Wildman–Crippen MR) is 87.1 cm³/mol. The number of hydrogen-bond acceptors (Lipinski definition) is 1. The van der Waals surface area contributed by atoms with Crippen molar-refractivity contribution < 1.29 is 0 Å². The molecule has 0 unspecified atom stereocenters. The summed E-state index contributed by atoms with van der Waals surface area (Å²) in [5.74, 6) is 0.933. The van der Waals surface area contributed by atoms with Crippen LogP contribution >= 0.6 is 0 Å². The van der Waals surface area contributed by atoms with Crippen LogP contribution in [-0.4, -0.2) is 19.9 Å². The van der Waals surface area contributed by atoms with Crippen molar-refractivity contribution >= 4 is 11.0 Å². The summed E-state index contributed by atoms with van der Waals surface area (Å²) in [7, 11) is 0. The first-order valence-corrected chi connectivity index (χ1v) is 6.58. The summed E-state index contributed by atoms with van der Waals surface area (Å²) in [4.78, 5) is 14.2. The number of fused-ring (bicyclic) bond motifs is 1. The van der Waals surface area contributed by atoms with Crippen molar-refractivity contribution in [2.75, 3.05) is 0 Å². The number of aromatic nitrogens is 4. The lowest BCUT2D eigenvalue weighted by Gasteiger charge is -2.04. The highest BCUT2D eigenvalue weighted by Crippen LogP contribution is 2.32. The van der Waals surface area contributed by atoms with Gasteiger partial charge in [0.25, 0.3) is 0 Å². The maximum absolute atomic E-state index is 4.61. The molecule has 1 aromatic carbocycles. The third-order valence-electron chi connectivity index (χ3n) is 3.55. The van der Waals surface area contributed by atoms with Crippen molar-refractivity contribution in [2.24, 2.45) is 0 Å². The first-order valence-electron chi connectivity index (χ1n) is 6.58. The summed E-state index contributed by atoms with van der Waals surface area (Å²) in [5, 5.41) is 0. The lowest BCUT2D eigenvalue weighted by atomic mass is 10.0. The van der Waals surface area contributed by atoms with Crippen LogP contribution in [0, 0.1) is 6.92 Å². The van der Waals surface area contributed by atoms with Crippen molar-refractivity contribution in [3.63, 3.8) is 0 Å². The molecule has 0 aliphatic carbocycles. The van der Waals surface area contributed by atoms with E-state index >= 15 is 0 Å². The normalized spacial score (nSPS) is 10.7. The Balaban J connectivity index is 0.00000132. The number of nitrogens with zero attached hydrogens (tertiary/aromatic N) is 1. The van der Waals surface area contributed by atoms with Gasteiger partial charge in [-0.25, -0.2) is 4.98 Å². The molecule has 0 saturated carbocycles. The number of aromatic amines is 3.